The SMILES string of the molecule is O=C(O)c1nc(N2CCN(CC=Cc3ccccc3)CC2)ccc1Cl. The van der Waals surface area contributed by atoms with Gasteiger partial charge in [0.15, 0.2) is 5.69 Å². The maximum Gasteiger partial charge on any atom is 0.356 e. The van der Waals surface area contributed by atoms with Gasteiger partial charge in [-0.2, -0.15) is 0 Å². The third kappa shape index (κ3) is 4.59. The summed E-state index contributed by atoms with van der Waals surface area (Å²) in [5.74, 6) is -0.433. The number of piperazine rings is 1. The van der Waals surface area contributed by atoms with Crippen molar-refractivity contribution in [2.75, 3.05) is 37.6 Å². The van der Waals surface area contributed by atoms with E-state index in [1.165, 1.54) is 5.56 Å². The number of anilines is 1. The number of rotatable bonds is 5. The summed E-state index contributed by atoms with van der Waals surface area (Å²) in [7, 11) is 0. The van der Waals surface area contributed by atoms with Crippen molar-refractivity contribution in [2.45, 2.75) is 0 Å². The Labute approximate surface area is 152 Å². The highest BCUT2D eigenvalue weighted by atomic mass is 35.5. The van der Waals surface area contributed by atoms with Crippen molar-refractivity contribution in [3.05, 3.63) is 64.8 Å². The molecule has 25 heavy (non-hydrogen) atoms. The minimum Gasteiger partial charge on any atom is -0.476 e. The second-order valence-electron chi connectivity index (χ2n) is 5.91. The number of carboxylic acids is 1. The summed E-state index contributed by atoms with van der Waals surface area (Å²) in [4.78, 5) is 19.8. The average Bonchev–Trinajstić information content (AvgIpc) is 2.63. The molecule has 1 aromatic carbocycles. The molecule has 0 unspecified atom stereocenters. The fraction of sp³-hybridized carbons (Fsp3) is 0.263. The van der Waals surface area contributed by atoms with Gasteiger partial charge in [0.1, 0.15) is 5.82 Å². The lowest BCUT2D eigenvalue weighted by atomic mass is 10.2. The van der Waals surface area contributed by atoms with Crippen LogP contribution in [0.15, 0.2) is 48.5 Å². The van der Waals surface area contributed by atoms with Gasteiger partial charge in [-0.3, -0.25) is 4.90 Å². The molecule has 1 aromatic heterocycles. The summed E-state index contributed by atoms with van der Waals surface area (Å²) in [5, 5.41) is 9.31. The first kappa shape index (κ1) is 17.5. The lowest BCUT2D eigenvalue weighted by Crippen LogP contribution is -2.46. The van der Waals surface area contributed by atoms with Crippen molar-refractivity contribution in [1.82, 2.24) is 9.88 Å². The standard InChI is InChI=1S/C19H20ClN3O2/c20-16-8-9-17(21-18(16)19(24)25)23-13-11-22(12-14-23)10-4-7-15-5-2-1-3-6-15/h1-9H,10-14H2,(H,24,25). The number of carboxylic acid groups (broad SMARTS) is 1. The molecule has 1 saturated heterocycles. The molecule has 1 aliphatic rings. The molecule has 0 atom stereocenters. The number of pyridine rings is 1. The fourth-order valence-corrected chi connectivity index (χ4v) is 3.01. The summed E-state index contributed by atoms with van der Waals surface area (Å²) in [6, 6.07) is 13.6. The second-order valence-corrected chi connectivity index (χ2v) is 6.31. The highest BCUT2D eigenvalue weighted by Gasteiger charge is 2.19. The van der Waals surface area contributed by atoms with Crippen LogP contribution in [0.1, 0.15) is 16.1 Å². The molecule has 2 heterocycles. The third-order valence-electron chi connectivity index (χ3n) is 4.20. The number of halogens is 1. The summed E-state index contributed by atoms with van der Waals surface area (Å²) in [6.07, 6.45) is 4.31. The Balaban J connectivity index is 1.54. The molecule has 0 spiro atoms. The van der Waals surface area contributed by atoms with Gasteiger partial charge in [-0.05, 0) is 17.7 Å². The van der Waals surface area contributed by atoms with E-state index in [9.17, 15) is 4.79 Å². The molecule has 1 fully saturated rings. The molecule has 0 saturated carbocycles. The van der Waals surface area contributed by atoms with Crippen molar-refractivity contribution in [3.8, 4) is 0 Å². The van der Waals surface area contributed by atoms with Gasteiger partial charge < -0.3 is 10.0 Å². The van der Waals surface area contributed by atoms with Crippen molar-refractivity contribution in [2.24, 2.45) is 0 Å². The average molecular weight is 358 g/mol. The molecule has 0 bridgehead atoms. The van der Waals surface area contributed by atoms with Crippen LogP contribution in [0.25, 0.3) is 6.08 Å². The number of nitrogens with zero attached hydrogens (tertiary/aromatic N) is 3. The van der Waals surface area contributed by atoms with Crippen LogP contribution >= 0.6 is 11.6 Å². The summed E-state index contributed by atoms with van der Waals surface area (Å²) < 4.78 is 0. The number of carbonyl (C=O) groups is 1. The number of hydrogen-bond acceptors (Lipinski definition) is 4. The van der Waals surface area contributed by atoms with Gasteiger partial charge in [-0.25, -0.2) is 9.78 Å². The van der Waals surface area contributed by atoms with Crippen LogP contribution in [0, 0.1) is 0 Å². The Morgan fingerprint density at radius 3 is 2.52 bits per heavy atom. The van der Waals surface area contributed by atoms with Gasteiger partial charge in [0.25, 0.3) is 0 Å². The minimum absolute atomic E-state index is 0.0904. The van der Waals surface area contributed by atoms with E-state index in [0.29, 0.717) is 5.82 Å². The lowest BCUT2D eigenvalue weighted by Gasteiger charge is -2.35. The van der Waals surface area contributed by atoms with Crippen LogP contribution in [-0.2, 0) is 0 Å². The highest BCUT2D eigenvalue weighted by molar-refractivity contribution is 6.33. The smallest absolute Gasteiger partial charge is 0.356 e. The molecular weight excluding hydrogens is 338 g/mol. The molecule has 1 aliphatic heterocycles. The Bertz CT molecular complexity index is 757. The summed E-state index contributed by atoms with van der Waals surface area (Å²) >= 11 is 5.88. The maximum atomic E-state index is 11.2. The van der Waals surface area contributed by atoms with E-state index < -0.39 is 5.97 Å². The molecule has 6 heteroatoms. The molecule has 5 nitrogen and oxygen atoms in total. The van der Waals surface area contributed by atoms with E-state index in [1.807, 2.05) is 18.2 Å². The van der Waals surface area contributed by atoms with Gasteiger partial charge in [0.05, 0.1) is 5.02 Å². The molecule has 2 aromatic rings. The van der Waals surface area contributed by atoms with Crippen molar-refractivity contribution < 1.29 is 9.90 Å². The van der Waals surface area contributed by atoms with Crippen molar-refractivity contribution in [1.29, 1.82) is 0 Å². The lowest BCUT2D eigenvalue weighted by molar-refractivity contribution is 0.0691. The first-order valence-electron chi connectivity index (χ1n) is 8.22. The molecule has 0 radical (unpaired) electrons. The van der Waals surface area contributed by atoms with Crippen molar-refractivity contribution in [3.63, 3.8) is 0 Å². The molecule has 1 N–H and O–H groups in total. The van der Waals surface area contributed by atoms with Crippen LogP contribution in [0.5, 0.6) is 0 Å². The van der Waals surface area contributed by atoms with Crippen molar-refractivity contribution >= 4 is 29.5 Å². The predicted octanol–water partition coefficient (Wildman–Crippen LogP) is 3.27. The summed E-state index contributed by atoms with van der Waals surface area (Å²) in [5.41, 5.74) is 1.11. The van der Waals surface area contributed by atoms with Crippen LogP contribution < -0.4 is 4.90 Å². The largest absolute Gasteiger partial charge is 0.476 e. The zero-order chi connectivity index (χ0) is 17.6. The fourth-order valence-electron chi connectivity index (χ4n) is 2.82. The van der Waals surface area contributed by atoms with E-state index in [-0.39, 0.29) is 10.7 Å². The van der Waals surface area contributed by atoms with Crippen LogP contribution in [0.2, 0.25) is 5.02 Å². The molecule has 0 aliphatic carbocycles. The van der Waals surface area contributed by atoms with E-state index in [4.69, 9.17) is 16.7 Å². The van der Waals surface area contributed by atoms with E-state index >= 15 is 0 Å². The first-order valence-corrected chi connectivity index (χ1v) is 8.60. The number of aromatic nitrogens is 1. The Hall–Kier alpha value is -2.37. The van der Waals surface area contributed by atoms with Gasteiger partial charge in [-0.15, -0.1) is 0 Å². The van der Waals surface area contributed by atoms with Gasteiger partial charge in [-0.1, -0.05) is 54.1 Å². The normalized spacial score (nSPS) is 15.6. The molecular formula is C19H20ClN3O2. The maximum absolute atomic E-state index is 11.2. The third-order valence-corrected chi connectivity index (χ3v) is 4.51. The van der Waals surface area contributed by atoms with Crippen LogP contribution in [0.3, 0.4) is 0 Å². The molecule has 3 rings (SSSR count). The second kappa shape index (κ2) is 8.14. The van der Waals surface area contributed by atoms with Gasteiger partial charge in [0.2, 0.25) is 0 Å². The first-order chi connectivity index (χ1) is 12.1. The monoisotopic (exact) mass is 357 g/mol. The predicted molar refractivity (Wildman–Crippen MR) is 100 cm³/mol. The van der Waals surface area contributed by atoms with E-state index in [1.54, 1.807) is 12.1 Å². The zero-order valence-corrected chi connectivity index (χ0v) is 14.6. The van der Waals surface area contributed by atoms with Crippen LogP contribution in [0.4, 0.5) is 5.82 Å². The Morgan fingerprint density at radius 1 is 1.12 bits per heavy atom. The number of hydrogen-bond donors (Lipinski definition) is 1. The highest BCUT2D eigenvalue weighted by Crippen LogP contribution is 2.20. The Kier molecular flexibility index (Phi) is 5.68. The summed E-state index contributed by atoms with van der Waals surface area (Å²) in [6.45, 7) is 4.34. The van der Waals surface area contributed by atoms with Gasteiger partial charge in [0, 0.05) is 32.7 Å². The molecule has 130 valence electrons. The van der Waals surface area contributed by atoms with E-state index in [2.05, 4.69) is 39.1 Å². The topological polar surface area (TPSA) is 56.7 Å². The Morgan fingerprint density at radius 2 is 1.84 bits per heavy atom. The van der Waals surface area contributed by atoms with E-state index in [0.717, 1.165) is 32.7 Å². The zero-order valence-electron chi connectivity index (χ0n) is 13.8. The number of aromatic carboxylic acids is 1. The number of benzene rings is 1. The minimum atomic E-state index is -1.10. The van der Waals surface area contributed by atoms with Crippen LogP contribution in [-0.4, -0.2) is 53.7 Å². The van der Waals surface area contributed by atoms with Gasteiger partial charge >= 0.3 is 5.97 Å². The quantitative estimate of drug-likeness (QED) is 0.890. The molecule has 0 amide bonds.